The second kappa shape index (κ2) is 4.76. The molecule has 0 aliphatic rings. The van der Waals surface area contributed by atoms with Gasteiger partial charge in [-0.05, 0) is 12.5 Å². The number of nitrogens with one attached hydrogen (secondary N) is 2. The first-order valence-corrected chi connectivity index (χ1v) is 6.03. The summed E-state index contributed by atoms with van der Waals surface area (Å²) in [6.45, 7) is 2.13. The molecule has 0 unspecified atom stereocenters. The van der Waals surface area contributed by atoms with Crippen molar-refractivity contribution in [3.05, 3.63) is 41.7 Å². The Morgan fingerprint density at radius 3 is 3.05 bits per heavy atom. The number of imidazole rings is 1. The summed E-state index contributed by atoms with van der Waals surface area (Å²) in [5.41, 5.74) is 2.27. The molecule has 0 amide bonds. The van der Waals surface area contributed by atoms with Gasteiger partial charge < -0.3 is 15.4 Å². The van der Waals surface area contributed by atoms with Gasteiger partial charge in [-0.15, -0.1) is 0 Å². The molecule has 3 rings (SSSR count). The average Bonchev–Trinajstić information content (AvgIpc) is 2.88. The Balaban J connectivity index is 1.90. The molecule has 0 spiro atoms. The van der Waals surface area contributed by atoms with Crippen molar-refractivity contribution in [1.82, 2.24) is 19.9 Å². The van der Waals surface area contributed by atoms with Gasteiger partial charge in [0.05, 0.1) is 6.33 Å². The Morgan fingerprint density at radius 1 is 1.35 bits per heavy atom. The van der Waals surface area contributed by atoms with Crippen LogP contribution in [0.1, 0.15) is 11.1 Å². The number of nitrogens with zero attached hydrogens (tertiary/aromatic N) is 3. The lowest BCUT2D eigenvalue weighted by Gasteiger charge is -2.09. The topological polar surface area (TPSA) is 86.7 Å². The van der Waals surface area contributed by atoms with E-state index >= 15 is 0 Å². The molecular weight excluding hydrogens is 261 g/mol. The third kappa shape index (κ3) is 2.13. The van der Waals surface area contributed by atoms with Gasteiger partial charge in [-0.3, -0.25) is 0 Å². The normalized spacial score (nSPS) is 10.9. The maximum absolute atomic E-state index is 13.3. The molecule has 2 aromatic heterocycles. The van der Waals surface area contributed by atoms with Crippen LogP contribution in [-0.4, -0.2) is 25.0 Å². The van der Waals surface area contributed by atoms with Crippen LogP contribution in [0, 0.1) is 13.0 Å². The first-order valence-electron chi connectivity index (χ1n) is 6.03. The molecular formula is C13H12FN5O. The number of hydrogen-bond acceptors (Lipinski definition) is 5. The van der Waals surface area contributed by atoms with Crippen LogP contribution in [0.3, 0.4) is 0 Å². The third-order valence-corrected chi connectivity index (χ3v) is 3.03. The minimum Gasteiger partial charge on any atom is -0.507 e. The van der Waals surface area contributed by atoms with Crippen LogP contribution in [0.5, 0.6) is 5.75 Å². The van der Waals surface area contributed by atoms with Crippen LogP contribution in [0.15, 0.2) is 24.5 Å². The van der Waals surface area contributed by atoms with Gasteiger partial charge >= 0.3 is 6.08 Å². The molecule has 0 saturated heterocycles. The van der Waals surface area contributed by atoms with Crippen molar-refractivity contribution in [3.63, 3.8) is 0 Å². The van der Waals surface area contributed by atoms with E-state index in [0.717, 1.165) is 5.56 Å². The SMILES string of the molecule is Cc1cccc(CNc2nc(F)nc3nc[nH]c23)c1O. The van der Waals surface area contributed by atoms with Gasteiger partial charge in [0.2, 0.25) is 0 Å². The fourth-order valence-electron chi connectivity index (χ4n) is 1.98. The van der Waals surface area contributed by atoms with Crippen molar-refractivity contribution in [3.8, 4) is 5.75 Å². The highest BCUT2D eigenvalue weighted by Gasteiger charge is 2.10. The molecule has 0 bridgehead atoms. The highest BCUT2D eigenvalue weighted by molar-refractivity contribution is 5.82. The predicted molar refractivity (Wildman–Crippen MR) is 71.8 cm³/mol. The van der Waals surface area contributed by atoms with Crippen LogP contribution < -0.4 is 5.32 Å². The number of phenols is 1. The largest absolute Gasteiger partial charge is 0.507 e. The summed E-state index contributed by atoms with van der Waals surface area (Å²) in [6.07, 6.45) is 0.578. The molecule has 6 nitrogen and oxygen atoms in total. The van der Waals surface area contributed by atoms with Gasteiger partial charge in [-0.1, -0.05) is 18.2 Å². The van der Waals surface area contributed by atoms with E-state index in [0.29, 0.717) is 23.4 Å². The van der Waals surface area contributed by atoms with Gasteiger partial charge in [0.15, 0.2) is 11.5 Å². The van der Waals surface area contributed by atoms with E-state index in [9.17, 15) is 9.50 Å². The molecule has 2 heterocycles. The minimum absolute atomic E-state index is 0.218. The molecule has 7 heteroatoms. The van der Waals surface area contributed by atoms with Gasteiger partial charge in [0.25, 0.3) is 0 Å². The fourth-order valence-corrected chi connectivity index (χ4v) is 1.98. The summed E-state index contributed by atoms with van der Waals surface area (Å²) in [5, 5.41) is 12.9. The first-order chi connectivity index (χ1) is 9.65. The van der Waals surface area contributed by atoms with E-state index in [-0.39, 0.29) is 11.4 Å². The lowest BCUT2D eigenvalue weighted by atomic mass is 10.1. The molecule has 0 fully saturated rings. The molecule has 0 aliphatic heterocycles. The van der Waals surface area contributed by atoms with E-state index in [2.05, 4.69) is 25.3 Å². The van der Waals surface area contributed by atoms with Gasteiger partial charge in [0, 0.05) is 12.1 Å². The summed E-state index contributed by atoms with van der Waals surface area (Å²) in [4.78, 5) is 14.0. The highest BCUT2D eigenvalue weighted by Crippen LogP contribution is 2.23. The predicted octanol–water partition coefficient (Wildman–Crippen LogP) is 2.12. The maximum atomic E-state index is 13.3. The molecule has 0 atom stereocenters. The van der Waals surface area contributed by atoms with E-state index in [1.165, 1.54) is 6.33 Å². The zero-order valence-electron chi connectivity index (χ0n) is 10.7. The quantitative estimate of drug-likeness (QED) is 0.636. The lowest BCUT2D eigenvalue weighted by Crippen LogP contribution is -2.05. The fraction of sp³-hybridized carbons (Fsp3) is 0.154. The Labute approximate surface area is 113 Å². The molecule has 102 valence electrons. The number of phenolic OH excluding ortho intramolecular Hbond substituents is 1. The average molecular weight is 273 g/mol. The summed E-state index contributed by atoms with van der Waals surface area (Å²) in [6, 6.07) is 5.45. The number of para-hydroxylation sites is 1. The van der Waals surface area contributed by atoms with Gasteiger partial charge in [-0.2, -0.15) is 14.4 Å². The molecule has 20 heavy (non-hydrogen) atoms. The number of anilines is 1. The van der Waals surface area contributed by atoms with E-state index < -0.39 is 6.08 Å². The number of benzene rings is 1. The maximum Gasteiger partial charge on any atom is 0.312 e. The number of aromatic hydroxyl groups is 1. The molecule has 0 radical (unpaired) electrons. The second-order valence-electron chi connectivity index (χ2n) is 4.38. The molecule has 0 saturated carbocycles. The minimum atomic E-state index is -0.847. The van der Waals surface area contributed by atoms with Crippen molar-refractivity contribution in [2.24, 2.45) is 0 Å². The zero-order valence-corrected chi connectivity index (χ0v) is 10.7. The van der Waals surface area contributed by atoms with Crippen LogP contribution >= 0.6 is 0 Å². The lowest BCUT2D eigenvalue weighted by molar-refractivity contribution is 0.465. The number of halogens is 1. The summed E-state index contributed by atoms with van der Waals surface area (Å²) >= 11 is 0. The van der Waals surface area contributed by atoms with Crippen LogP contribution in [0.4, 0.5) is 10.2 Å². The Kier molecular flexibility index (Phi) is 2.94. The highest BCUT2D eigenvalue weighted by atomic mass is 19.1. The van der Waals surface area contributed by atoms with Crippen LogP contribution in [0.2, 0.25) is 0 Å². The monoisotopic (exact) mass is 273 g/mol. The van der Waals surface area contributed by atoms with Gasteiger partial charge in [-0.25, -0.2) is 4.98 Å². The van der Waals surface area contributed by atoms with E-state index in [4.69, 9.17) is 0 Å². The summed E-state index contributed by atoms with van der Waals surface area (Å²) < 4.78 is 13.3. The first kappa shape index (κ1) is 12.3. The third-order valence-electron chi connectivity index (χ3n) is 3.03. The second-order valence-corrected chi connectivity index (χ2v) is 4.38. The van der Waals surface area contributed by atoms with Crippen molar-refractivity contribution < 1.29 is 9.50 Å². The smallest absolute Gasteiger partial charge is 0.312 e. The number of fused-ring (bicyclic) bond motifs is 1. The van der Waals surface area contributed by atoms with Crippen LogP contribution in [0.25, 0.3) is 11.2 Å². The summed E-state index contributed by atoms with van der Waals surface area (Å²) in [7, 11) is 0. The zero-order chi connectivity index (χ0) is 14.1. The Hall–Kier alpha value is -2.70. The van der Waals surface area contributed by atoms with Crippen molar-refractivity contribution in [2.75, 3.05) is 5.32 Å². The Morgan fingerprint density at radius 2 is 2.20 bits per heavy atom. The van der Waals surface area contributed by atoms with E-state index in [1.54, 1.807) is 6.07 Å². The number of hydrogen-bond donors (Lipinski definition) is 3. The summed E-state index contributed by atoms with van der Waals surface area (Å²) in [5.74, 6) is 0.529. The van der Waals surface area contributed by atoms with Crippen molar-refractivity contribution >= 4 is 17.0 Å². The molecule has 3 N–H and O–H groups in total. The number of aromatic nitrogens is 4. The standard InChI is InChI=1S/C13H12FN5O/c1-7-3-2-4-8(10(7)20)5-15-11-9-12(17-6-16-9)19-13(14)18-11/h2-4,6,20H,5H2,1H3,(H2,15,16,17,18,19). The number of rotatable bonds is 3. The van der Waals surface area contributed by atoms with E-state index in [1.807, 2.05) is 19.1 Å². The number of aryl methyl sites for hydroxylation is 1. The van der Waals surface area contributed by atoms with Crippen molar-refractivity contribution in [1.29, 1.82) is 0 Å². The number of H-pyrrole nitrogens is 1. The molecule has 1 aromatic carbocycles. The number of aromatic amines is 1. The van der Waals surface area contributed by atoms with Crippen LogP contribution in [-0.2, 0) is 6.54 Å². The Bertz CT molecular complexity index is 771. The molecule has 3 aromatic rings. The van der Waals surface area contributed by atoms with Gasteiger partial charge in [0.1, 0.15) is 11.3 Å². The molecule has 0 aliphatic carbocycles. The van der Waals surface area contributed by atoms with Crippen molar-refractivity contribution in [2.45, 2.75) is 13.5 Å².